The van der Waals surface area contributed by atoms with E-state index < -0.39 is 17.6 Å². The maximum atomic E-state index is 15.6. The number of piperidine rings is 1. The van der Waals surface area contributed by atoms with Crippen molar-refractivity contribution in [3.05, 3.63) is 59.4 Å². The van der Waals surface area contributed by atoms with Crippen LogP contribution < -0.4 is 4.74 Å². The third-order valence-corrected chi connectivity index (χ3v) is 8.04. The maximum Gasteiger partial charge on any atom is 0.309 e. The van der Waals surface area contributed by atoms with Crippen molar-refractivity contribution in [3.8, 4) is 5.75 Å². The Bertz CT molecular complexity index is 1160. The molecule has 1 atom stereocenters. The summed E-state index contributed by atoms with van der Waals surface area (Å²) in [5.41, 5.74) is 0.0416. The zero-order valence-electron chi connectivity index (χ0n) is 19.6. The zero-order valence-corrected chi connectivity index (χ0v) is 21.2. The molecule has 1 aliphatic heterocycles. The van der Waals surface area contributed by atoms with Gasteiger partial charge in [0.2, 0.25) is 0 Å². The van der Waals surface area contributed by atoms with Crippen molar-refractivity contribution in [2.24, 2.45) is 5.41 Å². The quantitative estimate of drug-likeness (QED) is 0.328. The van der Waals surface area contributed by atoms with Crippen LogP contribution in [0, 0.1) is 5.41 Å². The Morgan fingerprint density at radius 1 is 1.29 bits per heavy atom. The van der Waals surface area contributed by atoms with Crippen molar-refractivity contribution >= 4 is 40.2 Å². The molecule has 3 aromatic rings. The van der Waals surface area contributed by atoms with Crippen LogP contribution in [0.1, 0.15) is 37.4 Å². The lowest BCUT2D eigenvalue weighted by Crippen LogP contribution is -2.45. The molecule has 3 heterocycles. The number of benzene rings is 1. The zero-order chi connectivity index (χ0) is 24.8. The number of fused-ring (bicyclic) bond motifs is 1. The van der Waals surface area contributed by atoms with Crippen molar-refractivity contribution in [2.75, 3.05) is 32.5 Å². The number of hydrogen-bond acceptors (Lipinski definition) is 6. The molecule has 0 aliphatic carbocycles. The van der Waals surface area contributed by atoms with Gasteiger partial charge in [0.1, 0.15) is 11.9 Å². The topological polar surface area (TPSA) is 75.6 Å². The lowest BCUT2D eigenvalue weighted by Gasteiger charge is -2.39. The highest BCUT2D eigenvalue weighted by Gasteiger charge is 2.41. The van der Waals surface area contributed by atoms with Crippen LogP contribution in [0.25, 0.3) is 10.9 Å². The van der Waals surface area contributed by atoms with Crippen LogP contribution >= 0.6 is 23.4 Å². The SMILES string of the molecule is COc1ccc2ncc(Cl)c(C(F)CCC3(C(=O)O)CCN(CCSc4ccccn4)CC3)c2c1. The maximum absolute atomic E-state index is 15.6. The van der Waals surface area contributed by atoms with Gasteiger partial charge in [0.15, 0.2) is 0 Å². The number of aliphatic carboxylic acids is 1. The summed E-state index contributed by atoms with van der Waals surface area (Å²) in [6.45, 7) is 2.23. The van der Waals surface area contributed by atoms with Crippen molar-refractivity contribution in [1.29, 1.82) is 0 Å². The molecule has 1 fully saturated rings. The van der Waals surface area contributed by atoms with Crippen LogP contribution in [0.2, 0.25) is 5.02 Å². The van der Waals surface area contributed by atoms with Crippen LogP contribution in [0.4, 0.5) is 4.39 Å². The Hall–Kier alpha value is -2.42. The molecule has 6 nitrogen and oxygen atoms in total. The molecule has 0 radical (unpaired) electrons. The first-order valence-electron chi connectivity index (χ1n) is 11.7. The summed E-state index contributed by atoms with van der Waals surface area (Å²) in [4.78, 5) is 23.2. The summed E-state index contributed by atoms with van der Waals surface area (Å²) in [6.07, 6.45) is 3.17. The number of nitrogens with zero attached hydrogens (tertiary/aromatic N) is 3. The summed E-state index contributed by atoms with van der Waals surface area (Å²) in [5, 5.41) is 11.9. The molecule has 2 aromatic heterocycles. The van der Waals surface area contributed by atoms with Crippen LogP contribution in [0.3, 0.4) is 0 Å². The largest absolute Gasteiger partial charge is 0.497 e. The highest BCUT2D eigenvalue weighted by atomic mass is 35.5. The van der Waals surface area contributed by atoms with E-state index in [0.717, 1.165) is 17.3 Å². The minimum Gasteiger partial charge on any atom is -0.497 e. The van der Waals surface area contributed by atoms with Crippen molar-refractivity contribution in [2.45, 2.75) is 36.9 Å². The molecule has 1 unspecified atom stereocenters. The smallest absolute Gasteiger partial charge is 0.309 e. The number of likely N-dealkylation sites (tertiary alicyclic amines) is 1. The molecule has 35 heavy (non-hydrogen) atoms. The van der Waals surface area contributed by atoms with Gasteiger partial charge < -0.3 is 14.7 Å². The monoisotopic (exact) mass is 517 g/mol. The van der Waals surface area contributed by atoms with Gasteiger partial charge in [-0.2, -0.15) is 0 Å². The Morgan fingerprint density at radius 2 is 2.09 bits per heavy atom. The van der Waals surface area contributed by atoms with E-state index in [1.54, 1.807) is 43.3 Å². The van der Waals surface area contributed by atoms with E-state index in [1.165, 1.54) is 6.20 Å². The molecular formula is C26H29ClFN3O3S. The van der Waals surface area contributed by atoms with Crippen LogP contribution in [0.5, 0.6) is 5.75 Å². The predicted octanol–water partition coefficient (Wildman–Crippen LogP) is 6.04. The highest BCUT2D eigenvalue weighted by molar-refractivity contribution is 7.99. The molecule has 1 aliphatic rings. The number of alkyl halides is 1. The van der Waals surface area contributed by atoms with Gasteiger partial charge in [-0.1, -0.05) is 17.7 Å². The second-order valence-corrected chi connectivity index (χ2v) is 10.4. The number of aromatic nitrogens is 2. The molecule has 9 heteroatoms. The summed E-state index contributed by atoms with van der Waals surface area (Å²) in [7, 11) is 1.55. The molecule has 0 spiro atoms. The predicted molar refractivity (Wildman–Crippen MR) is 137 cm³/mol. The molecule has 186 valence electrons. The van der Waals surface area contributed by atoms with E-state index in [-0.39, 0.29) is 17.9 Å². The van der Waals surface area contributed by atoms with E-state index in [4.69, 9.17) is 16.3 Å². The number of methoxy groups -OCH3 is 1. The molecular weight excluding hydrogens is 489 g/mol. The van der Waals surface area contributed by atoms with Gasteiger partial charge in [-0.05, 0) is 69.1 Å². The number of thioether (sulfide) groups is 1. The number of ether oxygens (including phenoxy) is 1. The molecule has 1 saturated heterocycles. The first-order chi connectivity index (χ1) is 16.9. The first kappa shape index (κ1) is 25.7. The lowest BCUT2D eigenvalue weighted by atomic mass is 9.74. The van der Waals surface area contributed by atoms with Crippen LogP contribution in [-0.2, 0) is 4.79 Å². The standard InChI is InChI=1S/C26H29ClFN3O3S/c1-34-18-5-6-22-19(16-18)24(20(27)17-30-22)21(28)7-8-26(25(32)33)9-12-31(13-10-26)14-15-35-23-4-2-3-11-29-23/h2-6,11,16-17,21H,7-10,12-15H2,1H3,(H,32,33). The van der Waals surface area contributed by atoms with Crippen molar-refractivity contribution in [3.63, 3.8) is 0 Å². The Morgan fingerprint density at radius 3 is 2.77 bits per heavy atom. The summed E-state index contributed by atoms with van der Waals surface area (Å²) < 4.78 is 20.9. The van der Waals surface area contributed by atoms with Crippen LogP contribution in [-0.4, -0.2) is 58.4 Å². The second kappa shape index (κ2) is 11.5. The molecule has 0 bridgehead atoms. The summed E-state index contributed by atoms with van der Waals surface area (Å²) in [5.74, 6) is 0.630. The Labute approximate surface area is 213 Å². The molecule has 0 amide bonds. The number of carbonyl (C=O) groups is 1. The number of carboxylic acids is 1. The van der Waals surface area contributed by atoms with E-state index >= 15 is 4.39 Å². The van der Waals surface area contributed by atoms with Gasteiger partial charge in [-0.3, -0.25) is 9.78 Å². The third-order valence-electron chi connectivity index (χ3n) is 6.82. The molecule has 1 aromatic carbocycles. The number of pyridine rings is 2. The average Bonchev–Trinajstić information content (AvgIpc) is 2.88. The van der Waals surface area contributed by atoms with Gasteiger partial charge >= 0.3 is 5.97 Å². The third kappa shape index (κ3) is 6.05. The Balaban J connectivity index is 1.38. The Kier molecular flexibility index (Phi) is 8.46. The summed E-state index contributed by atoms with van der Waals surface area (Å²) in [6, 6.07) is 11.1. The van der Waals surface area contributed by atoms with Gasteiger partial charge in [0, 0.05) is 35.6 Å². The van der Waals surface area contributed by atoms with Crippen molar-refractivity contribution in [1.82, 2.24) is 14.9 Å². The lowest BCUT2D eigenvalue weighted by molar-refractivity contribution is -0.153. The minimum absolute atomic E-state index is 0.0812. The van der Waals surface area contributed by atoms with Gasteiger partial charge in [-0.25, -0.2) is 9.37 Å². The number of carboxylic acid groups (broad SMARTS) is 1. The molecule has 4 rings (SSSR count). The van der Waals surface area contributed by atoms with Gasteiger partial charge in [0.25, 0.3) is 0 Å². The average molecular weight is 518 g/mol. The molecule has 1 N–H and O–H groups in total. The fourth-order valence-electron chi connectivity index (χ4n) is 4.65. The molecule has 0 saturated carbocycles. The number of halogens is 2. The minimum atomic E-state index is -1.40. The summed E-state index contributed by atoms with van der Waals surface area (Å²) >= 11 is 8.04. The van der Waals surface area contributed by atoms with Gasteiger partial charge in [0.05, 0.1) is 28.1 Å². The van der Waals surface area contributed by atoms with E-state index in [0.29, 0.717) is 48.1 Å². The van der Waals surface area contributed by atoms with Crippen LogP contribution in [0.15, 0.2) is 53.8 Å². The fraction of sp³-hybridized carbons (Fsp3) is 0.423. The fourth-order valence-corrected chi connectivity index (χ4v) is 5.79. The normalized spacial score (nSPS) is 16.8. The second-order valence-electron chi connectivity index (χ2n) is 8.85. The van der Waals surface area contributed by atoms with E-state index in [1.807, 2.05) is 18.2 Å². The number of hydrogen-bond donors (Lipinski definition) is 1. The number of rotatable bonds is 10. The van der Waals surface area contributed by atoms with E-state index in [9.17, 15) is 9.90 Å². The highest BCUT2D eigenvalue weighted by Crippen LogP contribution is 2.42. The first-order valence-corrected chi connectivity index (χ1v) is 13.0. The van der Waals surface area contributed by atoms with E-state index in [2.05, 4.69) is 14.9 Å². The van der Waals surface area contributed by atoms with Crippen molar-refractivity contribution < 1.29 is 19.0 Å². The van der Waals surface area contributed by atoms with Gasteiger partial charge in [-0.15, -0.1) is 11.8 Å².